The van der Waals surface area contributed by atoms with Gasteiger partial charge in [0.25, 0.3) is 0 Å². The number of carboxylic acid groups (broad SMARTS) is 2. The summed E-state index contributed by atoms with van der Waals surface area (Å²) in [6.07, 6.45) is 4.77. The Morgan fingerprint density at radius 1 is 0.460 bits per heavy atom. The van der Waals surface area contributed by atoms with E-state index in [0.29, 0.717) is 77.5 Å². The van der Waals surface area contributed by atoms with Gasteiger partial charge in [-0.15, -0.1) is 0 Å². The Labute approximate surface area is 293 Å². The van der Waals surface area contributed by atoms with Crippen LogP contribution in [0.1, 0.15) is 104 Å². The fourth-order valence-corrected chi connectivity index (χ4v) is 4.90. The second-order valence-electron chi connectivity index (χ2n) is 12.1. The lowest BCUT2D eigenvalue weighted by atomic mass is 10.1. The molecule has 0 rings (SSSR count). The average Bonchev–Trinajstić information content (AvgIpc) is 3.04. The summed E-state index contributed by atoms with van der Waals surface area (Å²) in [6, 6.07) is -3.99. The minimum atomic E-state index is -1.12. The predicted molar refractivity (Wildman–Crippen MR) is 183 cm³/mol. The van der Waals surface area contributed by atoms with Crippen molar-refractivity contribution in [3.63, 3.8) is 0 Å². The minimum Gasteiger partial charge on any atom is -0.481 e. The van der Waals surface area contributed by atoms with E-state index < -0.39 is 71.5 Å². The molecule has 6 amide bonds. The van der Waals surface area contributed by atoms with Crippen molar-refractivity contribution in [2.45, 2.75) is 128 Å². The monoisotopic (exact) mass is 714 g/mol. The summed E-state index contributed by atoms with van der Waals surface area (Å²) in [7, 11) is 0. The summed E-state index contributed by atoms with van der Waals surface area (Å²) in [5, 5.41) is 33.7. The number of nitrogens with one attached hydrogen (secondary N) is 6. The third kappa shape index (κ3) is 23.1. The standard InChI is InChI=1S/C32H58N8O10/c1-21(41)37-25(13-15-27(43)44)31(49)39-23(11-5-7-17-33)29(47)35-19-9-3-4-10-20-36-30(48)24(12-6-8-18-34)40-32(50)26(38-22(2)42)14-16-28(45)46/h23-26H,3-20,33-34H2,1-2H3,(H,35,47)(H,36,48)(H,37,41)(H,38,42)(H,39,49)(H,40,50)(H,43,44)(H,45,46)/t23-,24-,25-,26-/m0/s1. The van der Waals surface area contributed by atoms with Crippen LogP contribution in [0.2, 0.25) is 0 Å². The molecule has 0 unspecified atom stereocenters. The molecule has 50 heavy (non-hydrogen) atoms. The Balaban J connectivity index is 4.89. The van der Waals surface area contributed by atoms with Crippen LogP contribution >= 0.6 is 0 Å². The van der Waals surface area contributed by atoms with E-state index in [1.807, 2.05) is 0 Å². The van der Waals surface area contributed by atoms with Gasteiger partial charge in [-0.2, -0.15) is 0 Å². The zero-order valence-electron chi connectivity index (χ0n) is 29.4. The van der Waals surface area contributed by atoms with Crippen molar-refractivity contribution in [3.05, 3.63) is 0 Å². The first kappa shape index (κ1) is 45.7. The van der Waals surface area contributed by atoms with Crippen molar-refractivity contribution in [1.29, 1.82) is 0 Å². The topological polar surface area (TPSA) is 301 Å². The van der Waals surface area contributed by atoms with Crippen LogP contribution < -0.4 is 43.4 Å². The van der Waals surface area contributed by atoms with Crippen LogP contribution in [0.4, 0.5) is 0 Å². The molecule has 0 spiro atoms. The normalized spacial score (nSPS) is 13.1. The number of carboxylic acids is 2. The maximum atomic E-state index is 12.9. The van der Waals surface area contributed by atoms with E-state index in [4.69, 9.17) is 21.7 Å². The third-order valence-corrected chi connectivity index (χ3v) is 7.54. The number of nitrogens with two attached hydrogens (primary N) is 2. The molecule has 0 saturated carbocycles. The summed E-state index contributed by atoms with van der Waals surface area (Å²) in [5.41, 5.74) is 11.1. The molecule has 0 bridgehead atoms. The molecule has 0 aromatic rings. The van der Waals surface area contributed by atoms with Crippen molar-refractivity contribution in [1.82, 2.24) is 31.9 Å². The molecular weight excluding hydrogens is 656 g/mol. The molecular formula is C32H58N8O10. The van der Waals surface area contributed by atoms with Gasteiger partial charge < -0.3 is 53.6 Å². The SMILES string of the molecule is CC(=O)N[C@@H](CCC(=O)O)C(=O)N[C@@H](CCCCN)C(=O)NCCCCCCNC(=O)[C@H](CCCCN)NC(=O)[C@H](CCC(=O)O)NC(C)=O. The van der Waals surface area contributed by atoms with Crippen LogP contribution in [0, 0.1) is 0 Å². The molecule has 18 nitrogen and oxygen atoms in total. The molecule has 0 heterocycles. The highest BCUT2D eigenvalue weighted by Crippen LogP contribution is 2.07. The third-order valence-electron chi connectivity index (χ3n) is 7.54. The molecule has 18 heteroatoms. The molecule has 0 aliphatic heterocycles. The number of rotatable bonds is 29. The number of carbonyl (C=O) groups excluding carboxylic acids is 6. The van der Waals surface area contributed by atoms with Crippen LogP contribution in [0.15, 0.2) is 0 Å². The highest BCUT2D eigenvalue weighted by molar-refractivity contribution is 5.93. The zero-order valence-corrected chi connectivity index (χ0v) is 29.4. The first-order chi connectivity index (χ1) is 23.7. The lowest BCUT2D eigenvalue weighted by molar-refractivity contribution is -0.139. The Bertz CT molecular complexity index is 1020. The molecule has 0 fully saturated rings. The molecule has 0 saturated heterocycles. The molecule has 0 aliphatic carbocycles. The molecule has 286 valence electrons. The lowest BCUT2D eigenvalue weighted by Crippen LogP contribution is -2.53. The highest BCUT2D eigenvalue weighted by atomic mass is 16.4. The number of hydrogen-bond donors (Lipinski definition) is 10. The van der Waals surface area contributed by atoms with Gasteiger partial charge in [-0.3, -0.25) is 38.4 Å². The van der Waals surface area contributed by atoms with Gasteiger partial charge in [0.05, 0.1) is 0 Å². The molecule has 0 aromatic heterocycles. The van der Waals surface area contributed by atoms with Crippen molar-refractivity contribution >= 4 is 47.4 Å². The van der Waals surface area contributed by atoms with Gasteiger partial charge in [-0.1, -0.05) is 12.8 Å². The van der Waals surface area contributed by atoms with Crippen LogP contribution in [-0.2, 0) is 38.4 Å². The van der Waals surface area contributed by atoms with Crippen LogP contribution in [0.3, 0.4) is 0 Å². The van der Waals surface area contributed by atoms with E-state index in [9.17, 15) is 38.4 Å². The van der Waals surface area contributed by atoms with Gasteiger partial charge in [0.15, 0.2) is 0 Å². The van der Waals surface area contributed by atoms with Gasteiger partial charge >= 0.3 is 11.9 Å². The number of unbranched alkanes of at least 4 members (excludes halogenated alkanes) is 5. The van der Waals surface area contributed by atoms with Crippen molar-refractivity contribution in [2.24, 2.45) is 11.5 Å². The zero-order chi connectivity index (χ0) is 37.9. The Kier molecular flexibility index (Phi) is 25.1. The molecule has 0 aliphatic rings. The van der Waals surface area contributed by atoms with Crippen LogP contribution in [0.5, 0.6) is 0 Å². The molecule has 0 aromatic carbocycles. The van der Waals surface area contributed by atoms with Gasteiger partial charge in [0.2, 0.25) is 35.4 Å². The van der Waals surface area contributed by atoms with E-state index in [1.165, 1.54) is 13.8 Å². The van der Waals surface area contributed by atoms with Gasteiger partial charge in [0, 0.05) is 39.8 Å². The Morgan fingerprint density at radius 2 is 0.800 bits per heavy atom. The molecule has 4 atom stereocenters. The second-order valence-corrected chi connectivity index (χ2v) is 12.1. The van der Waals surface area contributed by atoms with E-state index in [0.717, 1.165) is 12.8 Å². The summed E-state index contributed by atoms with van der Waals surface area (Å²) in [4.78, 5) is 96.5. The fourth-order valence-electron chi connectivity index (χ4n) is 4.90. The lowest BCUT2D eigenvalue weighted by Gasteiger charge is -2.23. The first-order valence-corrected chi connectivity index (χ1v) is 17.3. The Morgan fingerprint density at radius 3 is 1.10 bits per heavy atom. The summed E-state index contributed by atoms with van der Waals surface area (Å²) < 4.78 is 0. The van der Waals surface area contributed by atoms with Crippen LogP contribution in [-0.4, -0.2) is 108 Å². The quantitative estimate of drug-likeness (QED) is 0.0407. The highest BCUT2D eigenvalue weighted by Gasteiger charge is 2.28. The van der Waals surface area contributed by atoms with E-state index >= 15 is 0 Å². The molecule has 12 N–H and O–H groups in total. The smallest absolute Gasteiger partial charge is 0.303 e. The van der Waals surface area contributed by atoms with Crippen molar-refractivity contribution in [2.75, 3.05) is 26.2 Å². The average molecular weight is 715 g/mol. The van der Waals surface area contributed by atoms with E-state index in [1.54, 1.807) is 0 Å². The summed E-state index contributed by atoms with van der Waals surface area (Å²) >= 11 is 0. The fraction of sp³-hybridized carbons (Fsp3) is 0.750. The van der Waals surface area contributed by atoms with Crippen LogP contribution in [0.25, 0.3) is 0 Å². The minimum absolute atomic E-state index is 0.129. The van der Waals surface area contributed by atoms with E-state index in [-0.39, 0.29) is 25.7 Å². The number of carbonyl (C=O) groups is 8. The predicted octanol–water partition coefficient (Wildman–Crippen LogP) is -1.25. The first-order valence-electron chi connectivity index (χ1n) is 17.3. The van der Waals surface area contributed by atoms with Crippen molar-refractivity contribution < 1.29 is 48.6 Å². The maximum absolute atomic E-state index is 12.9. The number of aliphatic carboxylic acids is 2. The summed E-state index contributed by atoms with van der Waals surface area (Å²) in [6.45, 7) is 3.90. The largest absolute Gasteiger partial charge is 0.481 e. The van der Waals surface area contributed by atoms with E-state index in [2.05, 4.69) is 31.9 Å². The second kappa shape index (κ2) is 27.5. The number of amides is 6. The Hall–Kier alpha value is -4.32. The summed E-state index contributed by atoms with van der Waals surface area (Å²) in [5.74, 6) is -5.37. The molecule has 0 radical (unpaired) electrons. The number of hydrogen-bond acceptors (Lipinski definition) is 10. The van der Waals surface area contributed by atoms with Gasteiger partial charge in [-0.25, -0.2) is 0 Å². The maximum Gasteiger partial charge on any atom is 0.303 e. The van der Waals surface area contributed by atoms with Gasteiger partial charge in [-0.05, 0) is 77.3 Å². The van der Waals surface area contributed by atoms with Crippen molar-refractivity contribution in [3.8, 4) is 0 Å². The van der Waals surface area contributed by atoms with Gasteiger partial charge in [0.1, 0.15) is 24.2 Å².